The number of nitrogens with zero attached hydrogens (tertiary/aromatic N) is 4. The molecule has 1 saturated heterocycles. The summed E-state index contributed by atoms with van der Waals surface area (Å²) in [4.78, 5) is 24.8. The number of halogens is 3. The molecule has 2 aromatic heterocycles. The Morgan fingerprint density at radius 1 is 1.00 bits per heavy atom. The number of amides is 1. The van der Waals surface area contributed by atoms with Crippen LogP contribution in [0.25, 0.3) is 0 Å². The number of nitrogens with one attached hydrogen (secondary N) is 1. The minimum atomic E-state index is -4.33. The van der Waals surface area contributed by atoms with Crippen LogP contribution in [-0.2, 0) is 11.3 Å². The third-order valence-corrected chi connectivity index (χ3v) is 4.53. The van der Waals surface area contributed by atoms with Crippen molar-refractivity contribution in [2.24, 2.45) is 0 Å². The van der Waals surface area contributed by atoms with E-state index in [4.69, 9.17) is 0 Å². The first kappa shape index (κ1) is 19.9. The molecule has 1 aliphatic rings. The van der Waals surface area contributed by atoms with Crippen LogP contribution in [0.4, 0.5) is 24.8 Å². The first-order chi connectivity index (χ1) is 13.4. The quantitative estimate of drug-likeness (QED) is 0.818. The number of anilines is 2. The molecule has 28 heavy (non-hydrogen) atoms. The lowest BCUT2D eigenvalue weighted by molar-refractivity contribution is -0.144. The second-order valence-corrected chi connectivity index (χ2v) is 6.54. The van der Waals surface area contributed by atoms with E-state index in [0.717, 1.165) is 43.4 Å². The maximum atomic E-state index is 12.2. The highest BCUT2D eigenvalue weighted by molar-refractivity contribution is 5.76. The molecule has 0 aromatic carbocycles. The van der Waals surface area contributed by atoms with Gasteiger partial charge in [0, 0.05) is 57.1 Å². The molecule has 3 rings (SSSR count). The minimum absolute atomic E-state index is 0.153. The van der Waals surface area contributed by atoms with Crippen molar-refractivity contribution >= 4 is 17.5 Å². The number of piperazine rings is 1. The summed E-state index contributed by atoms with van der Waals surface area (Å²) < 4.78 is 36.7. The summed E-state index contributed by atoms with van der Waals surface area (Å²) in [6.45, 7) is 3.20. The number of aromatic nitrogens is 2. The fourth-order valence-corrected chi connectivity index (χ4v) is 3.08. The highest BCUT2D eigenvalue weighted by atomic mass is 19.4. The van der Waals surface area contributed by atoms with Crippen molar-refractivity contribution in [1.82, 2.24) is 15.3 Å². The Morgan fingerprint density at radius 3 is 2.39 bits per heavy atom. The lowest BCUT2D eigenvalue weighted by Crippen LogP contribution is -2.47. The highest BCUT2D eigenvalue weighted by Gasteiger charge is 2.28. The Hall–Kier alpha value is -2.84. The van der Waals surface area contributed by atoms with E-state index in [9.17, 15) is 18.0 Å². The van der Waals surface area contributed by atoms with Crippen molar-refractivity contribution in [2.45, 2.75) is 25.6 Å². The number of pyridine rings is 2. The molecule has 1 aliphatic heterocycles. The zero-order valence-electron chi connectivity index (χ0n) is 15.3. The van der Waals surface area contributed by atoms with Crippen LogP contribution in [0.1, 0.15) is 18.4 Å². The topological polar surface area (TPSA) is 61.4 Å². The fourth-order valence-electron chi connectivity index (χ4n) is 3.08. The predicted octanol–water partition coefficient (Wildman–Crippen LogP) is 2.76. The van der Waals surface area contributed by atoms with Crippen LogP contribution in [0.15, 0.2) is 42.7 Å². The van der Waals surface area contributed by atoms with Gasteiger partial charge in [0.05, 0.1) is 6.42 Å². The molecule has 1 N–H and O–H groups in total. The van der Waals surface area contributed by atoms with Gasteiger partial charge in [-0.15, -0.1) is 0 Å². The predicted molar refractivity (Wildman–Crippen MR) is 100 cm³/mol. The number of carbonyl (C=O) groups is 1. The molecule has 0 spiro atoms. The monoisotopic (exact) mass is 393 g/mol. The smallest absolute Gasteiger partial charge is 0.353 e. The van der Waals surface area contributed by atoms with Crippen molar-refractivity contribution in [3.05, 3.63) is 48.3 Å². The number of hydrogen-bond donors (Lipinski definition) is 1. The summed E-state index contributed by atoms with van der Waals surface area (Å²) in [5.41, 5.74) is 0.786. The molecule has 0 radical (unpaired) electrons. The van der Waals surface area contributed by atoms with Crippen molar-refractivity contribution < 1.29 is 18.0 Å². The zero-order valence-corrected chi connectivity index (χ0v) is 15.3. The van der Waals surface area contributed by atoms with E-state index < -0.39 is 24.9 Å². The lowest BCUT2D eigenvalue weighted by Gasteiger charge is -2.36. The third kappa shape index (κ3) is 5.58. The average Bonchev–Trinajstić information content (AvgIpc) is 2.71. The summed E-state index contributed by atoms with van der Waals surface area (Å²) >= 11 is 0. The Labute approximate surface area is 161 Å². The number of carbonyl (C=O) groups excluding carboxylic acids is 1. The van der Waals surface area contributed by atoms with Crippen LogP contribution < -0.4 is 15.1 Å². The van der Waals surface area contributed by atoms with Gasteiger partial charge in [0.1, 0.15) is 11.6 Å². The lowest BCUT2D eigenvalue weighted by atomic mass is 10.2. The molecule has 3 heterocycles. The number of rotatable bonds is 6. The summed E-state index contributed by atoms with van der Waals surface area (Å²) in [7, 11) is 0. The van der Waals surface area contributed by atoms with Crippen LogP contribution in [0, 0.1) is 0 Å². The van der Waals surface area contributed by atoms with E-state index in [1.165, 1.54) is 0 Å². The van der Waals surface area contributed by atoms with E-state index >= 15 is 0 Å². The SMILES string of the molecule is O=C(CCC(F)(F)F)NCc1cccnc1N1CCN(c2ccccn2)CC1. The van der Waals surface area contributed by atoms with Gasteiger partial charge in [-0.3, -0.25) is 4.79 Å². The zero-order chi connectivity index (χ0) is 20.0. The first-order valence-corrected chi connectivity index (χ1v) is 9.11. The molecule has 0 bridgehead atoms. The van der Waals surface area contributed by atoms with Crippen molar-refractivity contribution in [3.8, 4) is 0 Å². The molecular formula is C19H22F3N5O. The molecule has 1 fully saturated rings. The third-order valence-electron chi connectivity index (χ3n) is 4.53. The standard InChI is InChI=1S/C19H22F3N5O/c20-19(21,22)7-6-17(28)25-14-15-4-3-9-24-18(15)27-12-10-26(11-13-27)16-5-1-2-8-23-16/h1-5,8-9H,6-7,10-14H2,(H,25,28). The van der Waals surface area contributed by atoms with Crippen molar-refractivity contribution in [2.75, 3.05) is 36.0 Å². The van der Waals surface area contributed by atoms with E-state index in [1.807, 2.05) is 24.3 Å². The minimum Gasteiger partial charge on any atom is -0.353 e. The molecule has 9 heteroatoms. The van der Waals surface area contributed by atoms with E-state index in [-0.39, 0.29) is 6.54 Å². The fraction of sp³-hybridized carbons (Fsp3) is 0.421. The molecule has 0 atom stereocenters. The molecule has 0 unspecified atom stereocenters. The second kappa shape index (κ2) is 8.90. The maximum Gasteiger partial charge on any atom is 0.389 e. The van der Waals surface area contributed by atoms with Gasteiger partial charge in [-0.25, -0.2) is 9.97 Å². The summed E-state index contributed by atoms with van der Waals surface area (Å²) in [6, 6.07) is 9.39. The van der Waals surface area contributed by atoms with Crippen LogP contribution in [0.3, 0.4) is 0 Å². The van der Waals surface area contributed by atoms with Gasteiger partial charge in [-0.1, -0.05) is 12.1 Å². The van der Waals surface area contributed by atoms with Gasteiger partial charge in [0.2, 0.25) is 5.91 Å². The molecule has 0 aliphatic carbocycles. The van der Waals surface area contributed by atoms with Crippen LogP contribution >= 0.6 is 0 Å². The molecule has 6 nitrogen and oxygen atoms in total. The van der Waals surface area contributed by atoms with Gasteiger partial charge < -0.3 is 15.1 Å². The second-order valence-electron chi connectivity index (χ2n) is 6.54. The Bertz CT molecular complexity index is 777. The molecular weight excluding hydrogens is 371 g/mol. The first-order valence-electron chi connectivity index (χ1n) is 9.11. The molecule has 2 aromatic rings. The summed E-state index contributed by atoms with van der Waals surface area (Å²) in [6.07, 6.45) is -2.57. The van der Waals surface area contributed by atoms with Crippen LogP contribution in [0.5, 0.6) is 0 Å². The largest absolute Gasteiger partial charge is 0.389 e. The van der Waals surface area contributed by atoms with Gasteiger partial charge in [0.25, 0.3) is 0 Å². The molecule has 1 amide bonds. The normalized spacial score (nSPS) is 14.8. The number of hydrogen-bond acceptors (Lipinski definition) is 5. The van der Waals surface area contributed by atoms with Gasteiger partial charge >= 0.3 is 6.18 Å². The van der Waals surface area contributed by atoms with Crippen molar-refractivity contribution in [1.29, 1.82) is 0 Å². The Balaban J connectivity index is 1.56. The summed E-state index contributed by atoms with van der Waals surface area (Å²) in [5.74, 6) is 1.06. The average molecular weight is 393 g/mol. The van der Waals surface area contributed by atoms with E-state index in [1.54, 1.807) is 18.5 Å². The van der Waals surface area contributed by atoms with Crippen molar-refractivity contribution in [3.63, 3.8) is 0 Å². The van der Waals surface area contributed by atoms with Gasteiger partial charge in [-0.05, 0) is 18.2 Å². The van der Waals surface area contributed by atoms with Crippen LogP contribution in [0.2, 0.25) is 0 Å². The summed E-state index contributed by atoms with van der Waals surface area (Å²) in [5, 5.41) is 2.56. The van der Waals surface area contributed by atoms with E-state index in [0.29, 0.717) is 0 Å². The number of alkyl halides is 3. The van der Waals surface area contributed by atoms with Gasteiger partial charge in [-0.2, -0.15) is 13.2 Å². The molecule has 150 valence electrons. The van der Waals surface area contributed by atoms with Crippen LogP contribution in [-0.4, -0.2) is 48.2 Å². The van der Waals surface area contributed by atoms with E-state index in [2.05, 4.69) is 25.1 Å². The highest BCUT2D eigenvalue weighted by Crippen LogP contribution is 2.22. The maximum absolute atomic E-state index is 12.2. The Morgan fingerprint density at radius 2 is 1.71 bits per heavy atom. The van der Waals surface area contributed by atoms with Gasteiger partial charge in [0.15, 0.2) is 0 Å². The Kier molecular flexibility index (Phi) is 6.33. The molecule has 0 saturated carbocycles.